The van der Waals surface area contributed by atoms with Gasteiger partial charge in [-0.1, -0.05) is 19.1 Å². The Bertz CT molecular complexity index is 196. The van der Waals surface area contributed by atoms with Crippen molar-refractivity contribution in [2.24, 2.45) is 5.92 Å². The van der Waals surface area contributed by atoms with Crippen LogP contribution in [0.25, 0.3) is 0 Å². The molecule has 0 saturated carbocycles. The highest BCUT2D eigenvalue weighted by atomic mass is 16.5. The third-order valence-electron chi connectivity index (χ3n) is 2.57. The van der Waals surface area contributed by atoms with Crippen molar-refractivity contribution in [1.29, 1.82) is 0 Å². The zero-order chi connectivity index (χ0) is 8.48. The van der Waals surface area contributed by atoms with E-state index in [1.807, 2.05) is 26.0 Å². The molecule has 62 valence electrons. The number of carbonyl (C=O) groups is 1. The standard InChI is InChI=1S/C9H14O2/c1-7-5-4-6-8(10)9(7,2)11-3/h4-5,7H,6H2,1-3H3. The Labute approximate surface area is 67.2 Å². The van der Waals surface area contributed by atoms with E-state index in [1.165, 1.54) is 0 Å². The quantitative estimate of drug-likeness (QED) is 0.536. The molecule has 0 aromatic rings. The Morgan fingerprint density at radius 2 is 2.36 bits per heavy atom. The smallest absolute Gasteiger partial charge is 0.168 e. The molecule has 0 aromatic heterocycles. The highest BCUT2D eigenvalue weighted by Crippen LogP contribution is 2.28. The van der Waals surface area contributed by atoms with Crippen LogP contribution in [0.3, 0.4) is 0 Å². The Morgan fingerprint density at radius 1 is 1.73 bits per heavy atom. The van der Waals surface area contributed by atoms with Gasteiger partial charge in [0.2, 0.25) is 0 Å². The van der Waals surface area contributed by atoms with Gasteiger partial charge < -0.3 is 4.74 Å². The molecule has 0 aromatic carbocycles. The molecule has 0 saturated heterocycles. The number of ether oxygens (including phenoxy) is 1. The lowest BCUT2D eigenvalue weighted by Gasteiger charge is -2.33. The summed E-state index contributed by atoms with van der Waals surface area (Å²) in [6.07, 6.45) is 4.45. The number of methoxy groups -OCH3 is 1. The van der Waals surface area contributed by atoms with Gasteiger partial charge in [-0.15, -0.1) is 0 Å². The van der Waals surface area contributed by atoms with Gasteiger partial charge in [-0.05, 0) is 6.92 Å². The summed E-state index contributed by atoms with van der Waals surface area (Å²) in [4.78, 5) is 11.4. The summed E-state index contributed by atoms with van der Waals surface area (Å²) in [7, 11) is 1.59. The van der Waals surface area contributed by atoms with Crippen LogP contribution >= 0.6 is 0 Å². The zero-order valence-electron chi connectivity index (χ0n) is 7.26. The minimum Gasteiger partial charge on any atom is -0.370 e. The second-order valence-electron chi connectivity index (χ2n) is 3.16. The number of Topliss-reactive ketones (excluding diaryl/α,β-unsaturated/α-hetero) is 1. The number of hydrogen-bond acceptors (Lipinski definition) is 2. The second kappa shape index (κ2) is 2.78. The van der Waals surface area contributed by atoms with E-state index in [2.05, 4.69) is 0 Å². The van der Waals surface area contributed by atoms with Crippen LogP contribution in [-0.4, -0.2) is 18.5 Å². The normalized spacial score (nSPS) is 37.7. The van der Waals surface area contributed by atoms with Gasteiger partial charge in [0.15, 0.2) is 5.78 Å². The number of ketones is 1. The average Bonchev–Trinajstić information content (AvgIpc) is 2.00. The highest BCUT2D eigenvalue weighted by Gasteiger charge is 2.38. The molecular formula is C9H14O2. The summed E-state index contributed by atoms with van der Waals surface area (Å²) in [5.74, 6) is 0.365. The third-order valence-corrected chi connectivity index (χ3v) is 2.57. The number of rotatable bonds is 1. The van der Waals surface area contributed by atoms with E-state index in [9.17, 15) is 4.79 Å². The molecule has 2 unspecified atom stereocenters. The van der Waals surface area contributed by atoms with E-state index < -0.39 is 5.60 Å². The molecule has 0 radical (unpaired) electrons. The first kappa shape index (κ1) is 8.47. The fraction of sp³-hybridized carbons (Fsp3) is 0.667. The summed E-state index contributed by atoms with van der Waals surface area (Å²) < 4.78 is 5.20. The van der Waals surface area contributed by atoms with Crippen LogP contribution in [0.2, 0.25) is 0 Å². The van der Waals surface area contributed by atoms with Gasteiger partial charge in [0.1, 0.15) is 5.60 Å². The molecule has 0 fully saturated rings. The molecule has 2 heteroatoms. The van der Waals surface area contributed by atoms with Crippen molar-refractivity contribution in [3.05, 3.63) is 12.2 Å². The van der Waals surface area contributed by atoms with Gasteiger partial charge >= 0.3 is 0 Å². The summed E-state index contributed by atoms with van der Waals surface area (Å²) in [6.45, 7) is 3.85. The van der Waals surface area contributed by atoms with E-state index in [-0.39, 0.29) is 11.7 Å². The van der Waals surface area contributed by atoms with Crippen LogP contribution in [-0.2, 0) is 9.53 Å². The molecule has 2 atom stereocenters. The Kier molecular flexibility index (Phi) is 2.14. The van der Waals surface area contributed by atoms with E-state index in [0.29, 0.717) is 6.42 Å². The predicted molar refractivity (Wildman–Crippen MR) is 43.3 cm³/mol. The molecule has 1 aliphatic carbocycles. The molecule has 0 amide bonds. The van der Waals surface area contributed by atoms with Gasteiger partial charge in [0, 0.05) is 19.4 Å². The highest BCUT2D eigenvalue weighted by molar-refractivity contribution is 5.89. The molecule has 1 rings (SSSR count). The molecular weight excluding hydrogens is 140 g/mol. The number of hydrogen-bond donors (Lipinski definition) is 0. The van der Waals surface area contributed by atoms with Crippen LogP contribution < -0.4 is 0 Å². The first-order valence-corrected chi connectivity index (χ1v) is 3.86. The fourth-order valence-electron chi connectivity index (χ4n) is 1.32. The molecule has 11 heavy (non-hydrogen) atoms. The van der Waals surface area contributed by atoms with E-state index in [1.54, 1.807) is 7.11 Å². The number of allylic oxidation sites excluding steroid dienone is 1. The van der Waals surface area contributed by atoms with Gasteiger partial charge in [-0.3, -0.25) is 4.79 Å². The molecule has 1 aliphatic rings. The minimum atomic E-state index is -0.589. The predicted octanol–water partition coefficient (Wildman–Crippen LogP) is 1.56. The topological polar surface area (TPSA) is 26.3 Å². The monoisotopic (exact) mass is 154 g/mol. The van der Waals surface area contributed by atoms with Crippen molar-refractivity contribution >= 4 is 5.78 Å². The van der Waals surface area contributed by atoms with Gasteiger partial charge in [-0.25, -0.2) is 0 Å². The SMILES string of the molecule is COC1(C)C(=O)CC=CC1C. The van der Waals surface area contributed by atoms with Crippen molar-refractivity contribution in [3.63, 3.8) is 0 Å². The summed E-state index contributed by atoms with van der Waals surface area (Å²) in [5, 5.41) is 0. The fourth-order valence-corrected chi connectivity index (χ4v) is 1.32. The van der Waals surface area contributed by atoms with Crippen LogP contribution in [0, 0.1) is 5.92 Å². The lowest BCUT2D eigenvalue weighted by molar-refractivity contribution is -0.142. The minimum absolute atomic E-state index is 0.176. The lowest BCUT2D eigenvalue weighted by atomic mass is 9.81. The van der Waals surface area contributed by atoms with Crippen LogP contribution in [0.15, 0.2) is 12.2 Å². The van der Waals surface area contributed by atoms with Gasteiger partial charge in [0.25, 0.3) is 0 Å². The maximum atomic E-state index is 11.4. The molecule has 0 bridgehead atoms. The van der Waals surface area contributed by atoms with Crippen molar-refractivity contribution < 1.29 is 9.53 Å². The Morgan fingerprint density at radius 3 is 2.73 bits per heavy atom. The summed E-state index contributed by atoms with van der Waals surface area (Å²) in [6, 6.07) is 0. The first-order chi connectivity index (χ1) is 5.11. The van der Waals surface area contributed by atoms with E-state index in [4.69, 9.17) is 4.74 Å². The molecule has 0 aliphatic heterocycles. The molecule has 0 heterocycles. The molecule has 0 spiro atoms. The van der Waals surface area contributed by atoms with E-state index >= 15 is 0 Å². The molecule has 2 nitrogen and oxygen atoms in total. The Balaban J connectivity index is 2.91. The average molecular weight is 154 g/mol. The maximum Gasteiger partial charge on any atom is 0.168 e. The van der Waals surface area contributed by atoms with Crippen molar-refractivity contribution in [1.82, 2.24) is 0 Å². The van der Waals surface area contributed by atoms with Gasteiger partial charge in [0.05, 0.1) is 0 Å². The maximum absolute atomic E-state index is 11.4. The van der Waals surface area contributed by atoms with E-state index in [0.717, 1.165) is 0 Å². The van der Waals surface area contributed by atoms with Crippen LogP contribution in [0.5, 0.6) is 0 Å². The summed E-state index contributed by atoms with van der Waals surface area (Å²) in [5.41, 5.74) is -0.589. The van der Waals surface area contributed by atoms with Crippen molar-refractivity contribution in [2.75, 3.05) is 7.11 Å². The van der Waals surface area contributed by atoms with Crippen molar-refractivity contribution in [2.45, 2.75) is 25.9 Å². The Hall–Kier alpha value is -0.630. The number of carbonyl (C=O) groups excluding carboxylic acids is 1. The third kappa shape index (κ3) is 1.23. The zero-order valence-corrected chi connectivity index (χ0v) is 7.26. The van der Waals surface area contributed by atoms with Gasteiger partial charge in [-0.2, -0.15) is 0 Å². The molecule has 0 N–H and O–H groups in total. The first-order valence-electron chi connectivity index (χ1n) is 3.86. The second-order valence-corrected chi connectivity index (χ2v) is 3.16. The lowest BCUT2D eigenvalue weighted by Crippen LogP contribution is -2.44. The van der Waals surface area contributed by atoms with Crippen LogP contribution in [0.1, 0.15) is 20.3 Å². The van der Waals surface area contributed by atoms with Crippen molar-refractivity contribution in [3.8, 4) is 0 Å². The largest absolute Gasteiger partial charge is 0.370 e. The summed E-state index contributed by atoms with van der Waals surface area (Å²) >= 11 is 0. The van der Waals surface area contributed by atoms with Crippen LogP contribution in [0.4, 0.5) is 0 Å².